The van der Waals surface area contributed by atoms with Crippen LogP contribution in [0, 0.1) is 5.92 Å². The summed E-state index contributed by atoms with van der Waals surface area (Å²) in [6.07, 6.45) is -1.11. The van der Waals surface area contributed by atoms with Gasteiger partial charge in [0.1, 0.15) is 29.9 Å². The van der Waals surface area contributed by atoms with E-state index in [-0.39, 0.29) is 18.6 Å². The Morgan fingerprint density at radius 3 is 1.71 bits per heavy atom. The number of nitrogens with one attached hydrogen (secondary N) is 3. The third-order valence-corrected chi connectivity index (χ3v) is 5.98. The van der Waals surface area contributed by atoms with Crippen molar-refractivity contribution < 1.29 is 34.5 Å². The highest BCUT2D eigenvalue weighted by Crippen LogP contribution is 2.13. The third-order valence-electron chi connectivity index (χ3n) is 5.98. The van der Waals surface area contributed by atoms with E-state index in [4.69, 9.17) is 5.73 Å². The molecule has 0 aliphatic carbocycles. The predicted octanol–water partition coefficient (Wildman–Crippen LogP) is 0.0805. The minimum atomic E-state index is -1.30. The number of carbonyl (C=O) groups is 4. The van der Waals surface area contributed by atoms with Gasteiger partial charge in [-0.1, -0.05) is 56.3 Å². The van der Waals surface area contributed by atoms with E-state index in [0.717, 1.165) is 5.56 Å². The highest BCUT2D eigenvalue weighted by Gasteiger charge is 2.32. The summed E-state index contributed by atoms with van der Waals surface area (Å²) in [5.74, 6) is -3.77. The molecule has 2 rings (SSSR count). The fourth-order valence-corrected chi connectivity index (χ4v) is 3.66. The highest BCUT2D eigenvalue weighted by atomic mass is 16.4. The Labute approximate surface area is 221 Å². The molecule has 11 heteroatoms. The fourth-order valence-electron chi connectivity index (χ4n) is 3.66. The molecule has 206 valence electrons. The molecule has 0 aliphatic rings. The molecule has 11 nitrogen and oxygen atoms in total. The van der Waals surface area contributed by atoms with Crippen molar-refractivity contribution in [1.82, 2.24) is 16.0 Å². The van der Waals surface area contributed by atoms with Crippen LogP contribution in [0.15, 0.2) is 54.6 Å². The van der Waals surface area contributed by atoms with E-state index in [1.54, 1.807) is 56.3 Å². The summed E-state index contributed by atoms with van der Waals surface area (Å²) < 4.78 is 0. The molecule has 38 heavy (non-hydrogen) atoms. The van der Waals surface area contributed by atoms with Gasteiger partial charge in [-0.2, -0.15) is 0 Å². The molecule has 5 atom stereocenters. The number of aliphatic carboxylic acids is 1. The largest absolute Gasteiger partial charge is 0.508 e. The van der Waals surface area contributed by atoms with Crippen LogP contribution in [0.25, 0.3) is 0 Å². The SMILES string of the molecule is CC(C)C(NC(=O)C(Cc1ccccc1)NC(=O)C(Cc1ccc(O)cc1)NC(=O)C(N)C(C)O)C(=O)O. The van der Waals surface area contributed by atoms with Gasteiger partial charge in [-0.3, -0.25) is 14.4 Å². The number of nitrogens with two attached hydrogens (primary N) is 1. The van der Waals surface area contributed by atoms with Gasteiger partial charge in [0.25, 0.3) is 0 Å². The first-order valence-corrected chi connectivity index (χ1v) is 12.3. The van der Waals surface area contributed by atoms with Gasteiger partial charge in [-0.15, -0.1) is 0 Å². The second-order valence-electron chi connectivity index (χ2n) is 9.52. The topological polar surface area (TPSA) is 191 Å². The van der Waals surface area contributed by atoms with Crippen molar-refractivity contribution in [2.75, 3.05) is 0 Å². The first-order valence-electron chi connectivity index (χ1n) is 12.3. The summed E-state index contributed by atoms with van der Waals surface area (Å²) in [4.78, 5) is 50.9. The Bertz CT molecular complexity index is 1090. The van der Waals surface area contributed by atoms with Gasteiger partial charge in [0.05, 0.1) is 6.10 Å². The van der Waals surface area contributed by atoms with Crippen molar-refractivity contribution in [1.29, 1.82) is 0 Å². The summed E-state index contributed by atoms with van der Waals surface area (Å²) >= 11 is 0. The molecule has 0 aliphatic heterocycles. The monoisotopic (exact) mass is 528 g/mol. The van der Waals surface area contributed by atoms with Crippen molar-refractivity contribution in [3.8, 4) is 5.75 Å². The van der Waals surface area contributed by atoms with Gasteiger partial charge in [-0.05, 0) is 36.1 Å². The van der Waals surface area contributed by atoms with Crippen molar-refractivity contribution in [3.05, 3.63) is 65.7 Å². The average Bonchev–Trinajstić information content (AvgIpc) is 2.87. The zero-order valence-electron chi connectivity index (χ0n) is 21.6. The number of phenols is 1. The van der Waals surface area contributed by atoms with E-state index in [0.29, 0.717) is 5.56 Å². The minimum Gasteiger partial charge on any atom is -0.508 e. The van der Waals surface area contributed by atoms with Gasteiger partial charge in [-0.25, -0.2) is 4.79 Å². The maximum atomic E-state index is 13.4. The van der Waals surface area contributed by atoms with Crippen LogP contribution in [0.5, 0.6) is 5.75 Å². The van der Waals surface area contributed by atoms with Crippen LogP contribution in [-0.4, -0.2) is 69.3 Å². The van der Waals surface area contributed by atoms with Crippen molar-refractivity contribution in [3.63, 3.8) is 0 Å². The quantitative estimate of drug-likeness (QED) is 0.190. The average molecular weight is 529 g/mol. The van der Waals surface area contributed by atoms with E-state index in [1.807, 2.05) is 0 Å². The van der Waals surface area contributed by atoms with E-state index in [9.17, 15) is 34.5 Å². The summed E-state index contributed by atoms with van der Waals surface area (Å²) in [5, 5.41) is 36.4. The molecule has 0 fully saturated rings. The lowest BCUT2D eigenvalue weighted by Gasteiger charge is -2.26. The number of hydrogen-bond donors (Lipinski definition) is 7. The molecule has 0 saturated carbocycles. The van der Waals surface area contributed by atoms with Crippen LogP contribution in [-0.2, 0) is 32.0 Å². The fraction of sp³-hybridized carbons (Fsp3) is 0.407. The van der Waals surface area contributed by atoms with Crippen LogP contribution >= 0.6 is 0 Å². The van der Waals surface area contributed by atoms with Crippen LogP contribution in [0.2, 0.25) is 0 Å². The molecule has 5 unspecified atom stereocenters. The lowest BCUT2D eigenvalue weighted by atomic mass is 10.0. The molecular formula is C27H36N4O7. The van der Waals surface area contributed by atoms with Gasteiger partial charge in [0, 0.05) is 12.8 Å². The lowest BCUT2D eigenvalue weighted by Crippen LogP contribution is -2.59. The number of hydrogen-bond acceptors (Lipinski definition) is 7. The van der Waals surface area contributed by atoms with Crippen LogP contribution in [0.1, 0.15) is 31.9 Å². The van der Waals surface area contributed by atoms with Crippen molar-refractivity contribution in [2.45, 2.75) is 63.9 Å². The number of carboxylic acids is 1. The maximum absolute atomic E-state index is 13.4. The van der Waals surface area contributed by atoms with Crippen molar-refractivity contribution in [2.24, 2.45) is 11.7 Å². The Morgan fingerprint density at radius 2 is 1.24 bits per heavy atom. The van der Waals surface area contributed by atoms with Gasteiger partial charge in [0.2, 0.25) is 17.7 Å². The number of aliphatic hydroxyl groups excluding tert-OH is 1. The molecule has 0 saturated heterocycles. The van der Waals surface area contributed by atoms with E-state index in [1.165, 1.54) is 19.1 Å². The van der Waals surface area contributed by atoms with Gasteiger partial charge >= 0.3 is 5.97 Å². The number of carboxylic acid groups (broad SMARTS) is 1. The van der Waals surface area contributed by atoms with E-state index in [2.05, 4.69) is 16.0 Å². The van der Waals surface area contributed by atoms with E-state index < -0.39 is 59.9 Å². The summed E-state index contributed by atoms with van der Waals surface area (Å²) in [6, 6.07) is 10.1. The second-order valence-corrected chi connectivity index (χ2v) is 9.52. The molecular weight excluding hydrogens is 492 g/mol. The Kier molecular flexibility index (Phi) is 11.2. The Hall–Kier alpha value is -3.96. The highest BCUT2D eigenvalue weighted by molar-refractivity contribution is 5.94. The predicted molar refractivity (Wildman–Crippen MR) is 140 cm³/mol. The summed E-state index contributed by atoms with van der Waals surface area (Å²) in [6.45, 7) is 4.64. The molecule has 0 radical (unpaired) electrons. The first kappa shape index (κ1) is 30.3. The molecule has 2 aromatic carbocycles. The lowest BCUT2D eigenvalue weighted by molar-refractivity contribution is -0.143. The molecule has 0 spiro atoms. The van der Waals surface area contributed by atoms with Gasteiger partial charge < -0.3 is 37.0 Å². The first-order chi connectivity index (χ1) is 17.9. The third kappa shape index (κ3) is 9.16. The number of benzene rings is 2. The summed E-state index contributed by atoms with van der Waals surface area (Å²) in [7, 11) is 0. The Balaban J connectivity index is 2.33. The van der Waals surface area contributed by atoms with Crippen LogP contribution in [0.4, 0.5) is 0 Å². The zero-order chi connectivity index (χ0) is 28.4. The van der Waals surface area contributed by atoms with Crippen LogP contribution < -0.4 is 21.7 Å². The van der Waals surface area contributed by atoms with Crippen molar-refractivity contribution >= 4 is 23.7 Å². The number of phenolic OH excluding ortho intramolecular Hbond substituents is 1. The molecule has 3 amide bonds. The molecule has 2 aromatic rings. The molecule has 0 bridgehead atoms. The second kappa shape index (κ2) is 14.1. The Morgan fingerprint density at radius 1 is 0.763 bits per heavy atom. The van der Waals surface area contributed by atoms with Gasteiger partial charge in [0.15, 0.2) is 0 Å². The minimum absolute atomic E-state index is 0.00615. The molecule has 8 N–H and O–H groups in total. The van der Waals surface area contributed by atoms with Crippen LogP contribution in [0.3, 0.4) is 0 Å². The molecule has 0 heterocycles. The number of amides is 3. The normalized spacial score (nSPS) is 15.0. The number of aromatic hydroxyl groups is 1. The zero-order valence-corrected chi connectivity index (χ0v) is 21.6. The number of aliphatic hydroxyl groups is 1. The number of rotatable bonds is 13. The smallest absolute Gasteiger partial charge is 0.326 e. The summed E-state index contributed by atoms with van der Waals surface area (Å²) in [5.41, 5.74) is 7.06. The maximum Gasteiger partial charge on any atom is 0.326 e. The molecule has 0 aromatic heterocycles. The van der Waals surface area contributed by atoms with E-state index >= 15 is 0 Å². The standard InChI is InChI=1S/C27H36N4O7/c1-15(2)23(27(37)38)31-25(35)21(13-17-7-5-4-6-8-17)29-24(34)20(30-26(36)22(28)16(3)32)14-18-9-11-19(33)12-10-18/h4-12,15-16,20-23,32-33H,13-14,28H2,1-3H3,(H,29,34)(H,30,36)(H,31,35)(H,37,38). The number of carbonyl (C=O) groups excluding carboxylic acids is 3.